The molecule has 0 spiro atoms. The highest BCUT2D eigenvalue weighted by atomic mass is 35.7. The van der Waals surface area contributed by atoms with E-state index in [2.05, 4.69) is 5.32 Å². The molecule has 110 valence electrons. The van der Waals surface area contributed by atoms with Gasteiger partial charge in [0.15, 0.2) is 0 Å². The first-order valence-corrected chi connectivity index (χ1v) is 8.66. The number of carbonyl (C=O) groups excluding carboxylic acids is 1. The van der Waals surface area contributed by atoms with Crippen molar-refractivity contribution in [1.82, 2.24) is 0 Å². The molecule has 2 rings (SSSR count). The maximum atomic E-state index is 12.0. The number of anilines is 1. The van der Waals surface area contributed by atoms with Gasteiger partial charge in [-0.15, -0.1) is 0 Å². The van der Waals surface area contributed by atoms with Gasteiger partial charge in [0.25, 0.3) is 15.0 Å². The molecule has 1 aromatic carbocycles. The Morgan fingerprint density at radius 1 is 1.40 bits per heavy atom. The van der Waals surface area contributed by atoms with Crippen LogP contribution in [-0.2, 0) is 18.6 Å². The molecule has 2 atom stereocenters. The summed E-state index contributed by atoms with van der Waals surface area (Å²) in [7, 11) is 1.37. The number of rotatable bonds is 3. The molecule has 0 radical (unpaired) electrons. The molecule has 0 aromatic heterocycles. The van der Waals surface area contributed by atoms with Gasteiger partial charge in [-0.2, -0.15) is 0 Å². The van der Waals surface area contributed by atoms with Crippen LogP contribution in [0.2, 0.25) is 5.02 Å². The van der Waals surface area contributed by atoms with Gasteiger partial charge in [-0.3, -0.25) is 4.79 Å². The lowest BCUT2D eigenvalue weighted by atomic mass is 10.2. The molecule has 1 saturated heterocycles. The highest BCUT2D eigenvalue weighted by Crippen LogP contribution is 2.28. The van der Waals surface area contributed by atoms with Crippen LogP contribution in [0.25, 0.3) is 0 Å². The number of halogens is 2. The Balaban J connectivity index is 2.12. The SMILES string of the molecule is CC1CCC(C(=O)Nc2ccc(S(=O)(=O)Cl)cc2Cl)O1. The van der Waals surface area contributed by atoms with Crippen LogP contribution >= 0.6 is 22.3 Å². The molecule has 1 aliphatic rings. The lowest BCUT2D eigenvalue weighted by molar-refractivity contribution is -0.126. The lowest BCUT2D eigenvalue weighted by Crippen LogP contribution is -2.27. The number of ether oxygens (including phenoxy) is 1. The molecule has 1 heterocycles. The molecule has 1 aromatic rings. The van der Waals surface area contributed by atoms with Crippen molar-refractivity contribution >= 4 is 42.9 Å². The van der Waals surface area contributed by atoms with Crippen LogP contribution in [0.15, 0.2) is 23.1 Å². The maximum absolute atomic E-state index is 12.0. The zero-order chi connectivity index (χ0) is 14.9. The molecule has 1 amide bonds. The second-order valence-corrected chi connectivity index (χ2v) is 7.55. The van der Waals surface area contributed by atoms with Crippen LogP contribution in [0, 0.1) is 0 Å². The maximum Gasteiger partial charge on any atom is 0.261 e. The number of hydrogen-bond acceptors (Lipinski definition) is 4. The van der Waals surface area contributed by atoms with E-state index in [1.165, 1.54) is 18.2 Å². The molecule has 5 nitrogen and oxygen atoms in total. The average molecular weight is 338 g/mol. The monoisotopic (exact) mass is 337 g/mol. The summed E-state index contributed by atoms with van der Waals surface area (Å²) >= 11 is 5.94. The number of nitrogens with one attached hydrogen (secondary N) is 1. The van der Waals surface area contributed by atoms with Crippen LogP contribution in [0.5, 0.6) is 0 Å². The molecule has 1 aliphatic heterocycles. The third kappa shape index (κ3) is 3.63. The molecular formula is C12H13Cl2NO4S. The van der Waals surface area contributed by atoms with Gasteiger partial charge in [0.05, 0.1) is 21.7 Å². The second kappa shape index (κ2) is 5.89. The minimum Gasteiger partial charge on any atom is -0.365 e. The van der Waals surface area contributed by atoms with Crippen molar-refractivity contribution in [3.05, 3.63) is 23.2 Å². The number of hydrogen-bond donors (Lipinski definition) is 1. The van der Waals surface area contributed by atoms with Crippen LogP contribution in [0.4, 0.5) is 5.69 Å². The molecule has 1 fully saturated rings. The first-order valence-electron chi connectivity index (χ1n) is 5.98. The van der Waals surface area contributed by atoms with Crippen molar-refractivity contribution in [1.29, 1.82) is 0 Å². The summed E-state index contributed by atoms with van der Waals surface area (Å²) in [6, 6.07) is 3.87. The fraction of sp³-hybridized carbons (Fsp3) is 0.417. The van der Waals surface area contributed by atoms with E-state index in [9.17, 15) is 13.2 Å². The van der Waals surface area contributed by atoms with E-state index in [0.29, 0.717) is 12.1 Å². The summed E-state index contributed by atoms with van der Waals surface area (Å²) in [5.74, 6) is -0.294. The summed E-state index contributed by atoms with van der Waals surface area (Å²) in [6.07, 6.45) is 1.04. The van der Waals surface area contributed by atoms with Gasteiger partial charge in [0.1, 0.15) is 6.10 Å². The predicted octanol–water partition coefficient (Wildman–Crippen LogP) is 2.77. The molecule has 8 heteroatoms. The van der Waals surface area contributed by atoms with Crippen molar-refractivity contribution in [3.63, 3.8) is 0 Å². The first-order chi connectivity index (χ1) is 9.27. The highest BCUT2D eigenvalue weighted by molar-refractivity contribution is 8.13. The van der Waals surface area contributed by atoms with Gasteiger partial charge in [-0.1, -0.05) is 11.6 Å². The van der Waals surface area contributed by atoms with E-state index < -0.39 is 15.2 Å². The van der Waals surface area contributed by atoms with Crippen molar-refractivity contribution in [2.75, 3.05) is 5.32 Å². The number of amides is 1. The third-order valence-electron chi connectivity index (χ3n) is 3.00. The van der Waals surface area contributed by atoms with Crippen molar-refractivity contribution < 1.29 is 17.9 Å². The predicted molar refractivity (Wildman–Crippen MR) is 76.7 cm³/mol. The summed E-state index contributed by atoms with van der Waals surface area (Å²) < 4.78 is 27.8. The standard InChI is InChI=1S/C12H13Cl2NO4S/c1-7-2-5-11(19-7)12(16)15-10-4-3-8(6-9(10)13)20(14,17)18/h3-4,6-7,11H,2,5H2,1H3,(H,15,16). The van der Waals surface area contributed by atoms with Gasteiger partial charge >= 0.3 is 0 Å². The zero-order valence-electron chi connectivity index (χ0n) is 10.6. The van der Waals surface area contributed by atoms with E-state index in [1.807, 2.05) is 6.92 Å². The topological polar surface area (TPSA) is 72.5 Å². The Bertz CT molecular complexity index is 632. The molecule has 0 saturated carbocycles. The normalized spacial score (nSPS) is 22.8. The summed E-state index contributed by atoms with van der Waals surface area (Å²) in [4.78, 5) is 11.8. The van der Waals surface area contributed by atoms with Gasteiger partial charge in [0, 0.05) is 10.7 Å². The minimum atomic E-state index is -3.84. The van der Waals surface area contributed by atoms with Crippen LogP contribution < -0.4 is 5.32 Å². The largest absolute Gasteiger partial charge is 0.365 e. The Morgan fingerprint density at radius 3 is 2.60 bits per heavy atom. The van der Waals surface area contributed by atoms with Crippen LogP contribution in [0.1, 0.15) is 19.8 Å². The molecule has 2 unspecified atom stereocenters. The lowest BCUT2D eigenvalue weighted by Gasteiger charge is -2.13. The fourth-order valence-corrected chi connectivity index (χ4v) is 3.03. The van der Waals surface area contributed by atoms with Crippen molar-refractivity contribution in [2.45, 2.75) is 36.9 Å². The fourth-order valence-electron chi connectivity index (χ4n) is 1.96. The van der Waals surface area contributed by atoms with Gasteiger partial charge < -0.3 is 10.1 Å². The van der Waals surface area contributed by atoms with E-state index in [1.54, 1.807) is 0 Å². The van der Waals surface area contributed by atoms with E-state index in [-0.39, 0.29) is 21.9 Å². The van der Waals surface area contributed by atoms with Gasteiger partial charge in [-0.25, -0.2) is 8.42 Å². The van der Waals surface area contributed by atoms with E-state index >= 15 is 0 Å². The molecule has 1 N–H and O–H groups in total. The second-order valence-electron chi connectivity index (χ2n) is 4.58. The summed E-state index contributed by atoms with van der Waals surface area (Å²) in [5, 5.41) is 2.72. The zero-order valence-corrected chi connectivity index (χ0v) is 12.9. The first kappa shape index (κ1) is 15.6. The molecule has 0 aliphatic carbocycles. The smallest absolute Gasteiger partial charge is 0.261 e. The van der Waals surface area contributed by atoms with Gasteiger partial charge in [0.2, 0.25) is 0 Å². The quantitative estimate of drug-likeness (QED) is 0.860. The number of benzene rings is 1. The van der Waals surface area contributed by atoms with E-state index in [0.717, 1.165) is 6.42 Å². The summed E-state index contributed by atoms with van der Waals surface area (Å²) in [5.41, 5.74) is 0.323. The third-order valence-corrected chi connectivity index (χ3v) is 4.67. The Kier molecular flexibility index (Phi) is 4.59. The van der Waals surface area contributed by atoms with Crippen LogP contribution in [-0.4, -0.2) is 26.5 Å². The summed E-state index contributed by atoms with van der Waals surface area (Å²) in [6.45, 7) is 1.90. The van der Waals surface area contributed by atoms with Gasteiger partial charge in [-0.05, 0) is 38.0 Å². The van der Waals surface area contributed by atoms with E-state index in [4.69, 9.17) is 27.0 Å². The Hall–Kier alpha value is -0.820. The van der Waals surface area contributed by atoms with Crippen LogP contribution in [0.3, 0.4) is 0 Å². The molecule has 0 bridgehead atoms. The Labute approximate surface area is 126 Å². The molecular weight excluding hydrogens is 325 g/mol. The highest BCUT2D eigenvalue weighted by Gasteiger charge is 2.28. The minimum absolute atomic E-state index is 0.0602. The van der Waals surface area contributed by atoms with Crippen molar-refractivity contribution in [3.8, 4) is 0 Å². The molecule has 20 heavy (non-hydrogen) atoms. The van der Waals surface area contributed by atoms with Crippen molar-refractivity contribution in [2.24, 2.45) is 0 Å². The average Bonchev–Trinajstić information content (AvgIpc) is 2.77. The Morgan fingerprint density at radius 2 is 2.10 bits per heavy atom. The number of carbonyl (C=O) groups is 1.